The summed E-state index contributed by atoms with van der Waals surface area (Å²) in [5.74, 6) is 0.777. The van der Waals surface area contributed by atoms with Crippen molar-refractivity contribution in [2.45, 2.75) is 97.4 Å². The molecule has 2 N–H and O–H groups in total. The molecule has 1 amide bonds. The number of rotatable bonds is 6. The molecule has 7 heteroatoms. The summed E-state index contributed by atoms with van der Waals surface area (Å²) in [4.78, 5) is 31.3. The molecule has 0 bridgehead atoms. The minimum Gasteiger partial charge on any atom is -0.448 e. The minimum atomic E-state index is -0.754. The van der Waals surface area contributed by atoms with Gasteiger partial charge in [0.2, 0.25) is 0 Å². The molecule has 1 aromatic carbocycles. The number of nitrogens with zero attached hydrogens (tertiary/aromatic N) is 1. The zero-order chi connectivity index (χ0) is 27.9. The highest BCUT2D eigenvalue weighted by atomic mass is 16.7. The monoisotopic (exact) mass is 533 g/mol. The number of H-pyrrole nitrogens is 1. The van der Waals surface area contributed by atoms with Crippen molar-refractivity contribution >= 4 is 11.5 Å². The zero-order valence-electron chi connectivity index (χ0n) is 24.3. The Morgan fingerprint density at radius 3 is 2.44 bits per heavy atom. The van der Waals surface area contributed by atoms with Crippen LogP contribution in [0.15, 0.2) is 23.0 Å². The number of benzene rings is 1. The first-order valence-corrected chi connectivity index (χ1v) is 14.5. The SMILES string of the molecule is Cc1cc(C)c(CNC(=O)c2cc(C3=CCCCC3)c3c(c2C)OC(C)(C2CCC(N(C)C)CC2)O3)c(=O)[nH]1. The first-order chi connectivity index (χ1) is 18.6. The Morgan fingerprint density at radius 1 is 1.08 bits per heavy atom. The predicted molar refractivity (Wildman–Crippen MR) is 154 cm³/mol. The van der Waals surface area contributed by atoms with Crippen molar-refractivity contribution in [2.24, 2.45) is 5.92 Å². The number of carbonyl (C=O) groups excluding carboxylic acids is 1. The van der Waals surface area contributed by atoms with E-state index in [1.165, 1.54) is 12.0 Å². The Hall–Kier alpha value is -3.06. The summed E-state index contributed by atoms with van der Waals surface area (Å²) < 4.78 is 13.4. The molecular weight excluding hydrogens is 490 g/mol. The van der Waals surface area contributed by atoms with Gasteiger partial charge >= 0.3 is 0 Å². The van der Waals surface area contributed by atoms with Crippen LogP contribution < -0.4 is 20.3 Å². The lowest BCUT2D eigenvalue weighted by atomic mass is 9.81. The summed E-state index contributed by atoms with van der Waals surface area (Å²) >= 11 is 0. The fourth-order valence-corrected chi connectivity index (χ4v) is 6.59. The average Bonchev–Trinajstić information content (AvgIpc) is 3.28. The first-order valence-electron chi connectivity index (χ1n) is 14.5. The average molecular weight is 534 g/mol. The van der Waals surface area contributed by atoms with Gasteiger partial charge < -0.3 is 24.7 Å². The molecule has 5 rings (SSSR count). The third-order valence-corrected chi connectivity index (χ3v) is 9.06. The Morgan fingerprint density at radius 2 is 1.79 bits per heavy atom. The van der Waals surface area contributed by atoms with E-state index in [0.717, 1.165) is 73.1 Å². The predicted octanol–water partition coefficient (Wildman–Crippen LogP) is 5.80. The number of aromatic nitrogens is 1. The second-order valence-corrected chi connectivity index (χ2v) is 12.0. The number of pyridine rings is 1. The molecule has 0 spiro atoms. The number of hydrogen-bond acceptors (Lipinski definition) is 5. The fraction of sp³-hybridized carbons (Fsp3) is 0.562. The van der Waals surface area contributed by atoms with Gasteiger partial charge in [0.15, 0.2) is 11.5 Å². The third-order valence-electron chi connectivity index (χ3n) is 9.06. The van der Waals surface area contributed by atoms with Gasteiger partial charge in [-0.05, 0) is 110 Å². The van der Waals surface area contributed by atoms with Gasteiger partial charge in [-0.2, -0.15) is 0 Å². The molecule has 7 nitrogen and oxygen atoms in total. The lowest BCUT2D eigenvalue weighted by Gasteiger charge is -2.39. The third kappa shape index (κ3) is 5.38. The highest BCUT2D eigenvalue weighted by molar-refractivity contribution is 5.98. The molecule has 0 saturated heterocycles. The van der Waals surface area contributed by atoms with Gasteiger partial charge in [0.1, 0.15) is 0 Å². The minimum absolute atomic E-state index is 0.164. The molecule has 210 valence electrons. The van der Waals surface area contributed by atoms with Crippen molar-refractivity contribution in [3.63, 3.8) is 0 Å². The molecule has 2 heterocycles. The first kappa shape index (κ1) is 27.5. The van der Waals surface area contributed by atoms with E-state index in [0.29, 0.717) is 22.9 Å². The maximum absolute atomic E-state index is 13.6. The van der Waals surface area contributed by atoms with Crippen molar-refractivity contribution in [3.05, 3.63) is 62.1 Å². The van der Waals surface area contributed by atoms with Gasteiger partial charge in [0, 0.05) is 53.4 Å². The summed E-state index contributed by atoms with van der Waals surface area (Å²) in [5.41, 5.74) is 5.63. The van der Waals surface area contributed by atoms with Gasteiger partial charge in [-0.1, -0.05) is 6.08 Å². The van der Waals surface area contributed by atoms with Crippen LogP contribution in [0.3, 0.4) is 0 Å². The van der Waals surface area contributed by atoms with Crippen molar-refractivity contribution in [1.82, 2.24) is 15.2 Å². The Kier molecular flexibility index (Phi) is 7.64. The number of allylic oxidation sites excluding steroid dienone is 2. The lowest BCUT2D eigenvalue weighted by molar-refractivity contribution is -0.123. The topological polar surface area (TPSA) is 83.7 Å². The number of fused-ring (bicyclic) bond motifs is 1. The molecule has 1 atom stereocenters. The Balaban J connectivity index is 1.45. The molecule has 3 aliphatic rings. The number of nitrogens with one attached hydrogen (secondary N) is 2. The highest BCUT2D eigenvalue weighted by Gasteiger charge is 2.47. The number of aryl methyl sites for hydroxylation is 2. The van der Waals surface area contributed by atoms with Crippen LogP contribution in [0.5, 0.6) is 11.5 Å². The lowest BCUT2D eigenvalue weighted by Crippen LogP contribution is -2.46. The molecule has 2 aromatic rings. The van der Waals surface area contributed by atoms with Crippen LogP contribution >= 0.6 is 0 Å². The van der Waals surface area contributed by atoms with Crippen LogP contribution in [0.4, 0.5) is 0 Å². The van der Waals surface area contributed by atoms with E-state index in [9.17, 15) is 9.59 Å². The van der Waals surface area contributed by atoms with E-state index in [2.05, 4.69) is 42.3 Å². The molecule has 2 aliphatic carbocycles. The molecule has 1 fully saturated rings. The van der Waals surface area contributed by atoms with Crippen LogP contribution in [0.25, 0.3) is 5.57 Å². The fourth-order valence-electron chi connectivity index (χ4n) is 6.59. The van der Waals surface area contributed by atoms with Crippen molar-refractivity contribution in [2.75, 3.05) is 14.1 Å². The largest absolute Gasteiger partial charge is 0.448 e. The molecule has 39 heavy (non-hydrogen) atoms. The maximum Gasteiger partial charge on any atom is 0.253 e. The maximum atomic E-state index is 13.6. The van der Waals surface area contributed by atoms with Crippen LogP contribution in [-0.4, -0.2) is 41.7 Å². The summed E-state index contributed by atoms with van der Waals surface area (Å²) in [5, 5.41) is 3.00. The van der Waals surface area contributed by atoms with Crippen LogP contribution in [0.2, 0.25) is 0 Å². The van der Waals surface area contributed by atoms with E-state index in [4.69, 9.17) is 9.47 Å². The van der Waals surface area contributed by atoms with Gasteiger partial charge in [-0.3, -0.25) is 9.59 Å². The molecular formula is C32H43N3O4. The van der Waals surface area contributed by atoms with E-state index in [1.807, 2.05) is 32.9 Å². The molecule has 1 unspecified atom stereocenters. The van der Waals surface area contributed by atoms with E-state index in [-0.39, 0.29) is 23.9 Å². The van der Waals surface area contributed by atoms with E-state index < -0.39 is 5.79 Å². The number of aromatic amines is 1. The zero-order valence-corrected chi connectivity index (χ0v) is 24.3. The number of ether oxygens (including phenoxy) is 2. The molecule has 0 radical (unpaired) electrons. The number of amides is 1. The Bertz CT molecular complexity index is 1350. The van der Waals surface area contributed by atoms with Gasteiger partial charge in [0.25, 0.3) is 17.3 Å². The van der Waals surface area contributed by atoms with E-state index in [1.54, 1.807) is 0 Å². The van der Waals surface area contributed by atoms with Crippen molar-refractivity contribution in [1.29, 1.82) is 0 Å². The van der Waals surface area contributed by atoms with Crippen LogP contribution in [-0.2, 0) is 6.54 Å². The Labute approximate surface area is 232 Å². The van der Waals surface area contributed by atoms with Crippen molar-refractivity contribution < 1.29 is 14.3 Å². The van der Waals surface area contributed by atoms with Crippen LogP contribution in [0.1, 0.15) is 96.6 Å². The van der Waals surface area contributed by atoms with Crippen molar-refractivity contribution in [3.8, 4) is 11.5 Å². The quantitative estimate of drug-likeness (QED) is 0.491. The summed E-state index contributed by atoms with van der Waals surface area (Å²) in [7, 11) is 4.31. The molecule has 1 aromatic heterocycles. The van der Waals surface area contributed by atoms with Crippen LogP contribution in [0, 0.1) is 26.7 Å². The second kappa shape index (κ2) is 10.8. The summed E-state index contributed by atoms with van der Waals surface area (Å²) in [6.45, 7) is 7.93. The molecule has 1 aliphatic heterocycles. The normalized spacial score (nSPS) is 24.5. The van der Waals surface area contributed by atoms with E-state index >= 15 is 0 Å². The summed E-state index contributed by atoms with van der Waals surface area (Å²) in [6, 6.07) is 4.50. The number of carbonyl (C=O) groups is 1. The van der Waals surface area contributed by atoms with Gasteiger partial charge in [-0.15, -0.1) is 0 Å². The highest BCUT2D eigenvalue weighted by Crippen LogP contribution is 2.52. The van der Waals surface area contributed by atoms with Gasteiger partial charge in [-0.25, -0.2) is 0 Å². The number of hydrogen-bond donors (Lipinski definition) is 2. The second-order valence-electron chi connectivity index (χ2n) is 12.0. The van der Waals surface area contributed by atoms with Gasteiger partial charge in [0.05, 0.1) is 0 Å². The smallest absolute Gasteiger partial charge is 0.253 e. The standard InChI is InChI=1S/C32H43N3O4/c1-19-16-20(2)34-31(37)27(19)18-33-30(36)25-17-26(22-10-8-7-9-11-22)29-28(21(25)3)38-32(4,39-29)23-12-14-24(15-13-23)35(5)6/h10,16-17,23-24H,7-9,11-15,18H2,1-6H3,(H,33,36)(H,34,37). The molecule has 1 saturated carbocycles. The summed E-state index contributed by atoms with van der Waals surface area (Å²) in [6.07, 6.45) is 10.9.